The van der Waals surface area contributed by atoms with Crippen LogP contribution < -0.4 is 0 Å². The molecular weight excluding hydrogens is 164 g/mol. The summed E-state index contributed by atoms with van der Waals surface area (Å²) < 4.78 is 0. The van der Waals surface area contributed by atoms with Crippen LogP contribution in [0.4, 0.5) is 0 Å². The quantitative estimate of drug-likeness (QED) is 0.613. The van der Waals surface area contributed by atoms with E-state index in [4.69, 9.17) is 0 Å². The highest BCUT2D eigenvalue weighted by atomic mass is 16.3. The molecule has 0 aromatic heterocycles. The third kappa shape index (κ3) is 0.906. The van der Waals surface area contributed by atoms with Crippen molar-refractivity contribution in [1.82, 2.24) is 0 Å². The molecule has 0 unspecified atom stereocenters. The zero-order valence-electron chi connectivity index (χ0n) is 7.63. The maximum Gasteiger partial charge on any atom is 0.0468 e. The summed E-state index contributed by atoms with van der Waals surface area (Å²) in [4.78, 5) is 0. The predicted molar refractivity (Wildman–Crippen MR) is 48.9 cm³/mol. The minimum absolute atomic E-state index is 0.250. The Balaban J connectivity index is 1.93. The maximum atomic E-state index is 9.31. The van der Waals surface area contributed by atoms with Crippen LogP contribution in [-0.2, 0) is 0 Å². The molecule has 4 rings (SSSR count). The van der Waals surface area contributed by atoms with Gasteiger partial charge in [0.05, 0.1) is 0 Å². The van der Waals surface area contributed by atoms with E-state index in [1.807, 2.05) is 0 Å². The molecule has 0 aliphatic heterocycles. The number of fused-ring (bicyclic) bond motifs is 1. The van der Waals surface area contributed by atoms with Gasteiger partial charge in [0, 0.05) is 13.2 Å². The van der Waals surface area contributed by atoms with E-state index in [2.05, 4.69) is 12.2 Å². The van der Waals surface area contributed by atoms with Crippen molar-refractivity contribution in [3.63, 3.8) is 0 Å². The van der Waals surface area contributed by atoms with Gasteiger partial charge in [-0.25, -0.2) is 0 Å². The van der Waals surface area contributed by atoms with Gasteiger partial charge in [-0.3, -0.25) is 0 Å². The van der Waals surface area contributed by atoms with Crippen LogP contribution in [0.5, 0.6) is 0 Å². The number of hydrogen-bond donors (Lipinski definition) is 2. The second-order valence-corrected chi connectivity index (χ2v) is 4.80. The van der Waals surface area contributed by atoms with Crippen molar-refractivity contribution in [2.24, 2.45) is 35.5 Å². The van der Waals surface area contributed by atoms with E-state index in [-0.39, 0.29) is 13.2 Å². The van der Waals surface area contributed by atoms with E-state index in [0.29, 0.717) is 23.7 Å². The molecule has 2 saturated carbocycles. The SMILES string of the molecule is OC[C@@H]1[C@H]2C=C[C@@H]([C@H]3C[C@@H]23)[C@@H]1CO. The Labute approximate surface area is 78.3 Å². The lowest BCUT2D eigenvalue weighted by Gasteiger charge is -2.43. The number of aliphatic hydroxyl groups excluding tert-OH is 2. The summed E-state index contributed by atoms with van der Waals surface area (Å²) in [6.45, 7) is 0.500. The van der Waals surface area contributed by atoms with Crippen molar-refractivity contribution in [3.8, 4) is 0 Å². The van der Waals surface area contributed by atoms with Crippen LogP contribution in [0.1, 0.15) is 6.42 Å². The summed E-state index contributed by atoms with van der Waals surface area (Å²) in [6.07, 6.45) is 5.90. The molecule has 2 nitrogen and oxygen atoms in total. The summed E-state index contributed by atoms with van der Waals surface area (Å²) in [5, 5.41) is 18.6. The molecule has 0 aromatic carbocycles. The van der Waals surface area contributed by atoms with Crippen molar-refractivity contribution < 1.29 is 10.2 Å². The summed E-state index contributed by atoms with van der Waals surface area (Å²) in [5.41, 5.74) is 0. The van der Waals surface area contributed by atoms with Crippen molar-refractivity contribution in [2.75, 3.05) is 13.2 Å². The zero-order chi connectivity index (χ0) is 9.00. The molecule has 72 valence electrons. The molecule has 0 aromatic rings. The summed E-state index contributed by atoms with van der Waals surface area (Å²) in [6, 6.07) is 0. The minimum Gasteiger partial charge on any atom is -0.396 e. The molecule has 0 spiro atoms. The Morgan fingerprint density at radius 1 is 0.923 bits per heavy atom. The molecule has 4 aliphatic carbocycles. The van der Waals surface area contributed by atoms with Gasteiger partial charge in [0.2, 0.25) is 0 Å². The van der Waals surface area contributed by atoms with E-state index in [1.165, 1.54) is 6.42 Å². The van der Waals surface area contributed by atoms with Gasteiger partial charge in [-0.15, -0.1) is 0 Å². The first-order valence-electron chi connectivity index (χ1n) is 5.27. The molecule has 2 bridgehead atoms. The van der Waals surface area contributed by atoms with Crippen LogP contribution in [0.15, 0.2) is 12.2 Å². The molecule has 2 heteroatoms. The fourth-order valence-corrected chi connectivity index (χ4v) is 3.67. The van der Waals surface area contributed by atoms with E-state index in [0.717, 1.165) is 11.8 Å². The second kappa shape index (κ2) is 2.58. The Morgan fingerprint density at radius 3 is 1.77 bits per heavy atom. The smallest absolute Gasteiger partial charge is 0.0468 e. The Hall–Kier alpha value is -0.340. The lowest BCUT2D eigenvalue weighted by molar-refractivity contribution is 0.0207. The highest BCUT2D eigenvalue weighted by Crippen LogP contribution is 2.63. The van der Waals surface area contributed by atoms with Gasteiger partial charge in [0.1, 0.15) is 0 Å². The van der Waals surface area contributed by atoms with Crippen molar-refractivity contribution in [3.05, 3.63) is 12.2 Å². The van der Waals surface area contributed by atoms with Crippen LogP contribution in [0.25, 0.3) is 0 Å². The number of aliphatic hydroxyl groups is 2. The summed E-state index contributed by atoms with van der Waals surface area (Å²) in [7, 11) is 0. The van der Waals surface area contributed by atoms with Gasteiger partial charge in [-0.2, -0.15) is 0 Å². The van der Waals surface area contributed by atoms with Crippen molar-refractivity contribution >= 4 is 0 Å². The average Bonchev–Trinajstić information content (AvgIpc) is 2.97. The van der Waals surface area contributed by atoms with Gasteiger partial charge in [-0.05, 0) is 41.9 Å². The molecule has 6 atom stereocenters. The number of rotatable bonds is 2. The first kappa shape index (κ1) is 8.01. The molecule has 2 fully saturated rings. The third-order valence-electron chi connectivity index (χ3n) is 4.40. The summed E-state index contributed by atoms with van der Waals surface area (Å²) in [5.74, 6) is 3.49. The maximum absolute atomic E-state index is 9.31. The van der Waals surface area contributed by atoms with Crippen LogP contribution in [0, 0.1) is 35.5 Å². The minimum atomic E-state index is 0.250. The molecule has 2 N–H and O–H groups in total. The highest BCUT2D eigenvalue weighted by molar-refractivity contribution is 5.20. The Kier molecular flexibility index (Phi) is 1.59. The molecule has 0 saturated heterocycles. The number of allylic oxidation sites excluding steroid dienone is 2. The van der Waals surface area contributed by atoms with E-state index in [1.54, 1.807) is 0 Å². The van der Waals surface area contributed by atoms with E-state index in [9.17, 15) is 10.2 Å². The van der Waals surface area contributed by atoms with Crippen LogP contribution in [0.3, 0.4) is 0 Å². The number of hydrogen-bond acceptors (Lipinski definition) is 2. The van der Waals surface area contributed by atoms with Gasteiger partial charge in [0.25, 0.3) is 0 Å². The van der Waals surface area contributed by atoms with Crippen LogP contribution in [-0.4, -0.2) is 23.4 Å². The zero-order valence-corrected chi connectivity index (χ0v) is 7.63. The monoisotopic (exact) mass is 180 g/mol. The Morgan fingerprint density at radius 2 is 1.38 bits per heavy atom. The second-order valence-electron chi connectivity index (χ2n) is 4.80. The lowest BCUT2D eigenvalue weighted by Crippen LogP contribution is -2.42. The third-order valence-corrected chi connectivity index (χ3v) is 4.40. The first-order valence-corrected chi connectivity index (χ1v) is 5.27. The van der Waals surface area contributed by atoms with Gasteiger partial charge >= 0.3 is 0 Å². The summed E-state index contributed by atoms with van der Waals surface area (Å²) >= 11 is 0. The fraction of sp³-hybridized carbons (Fsp3) is 0.818. The normalized spacial score (nSPS) is 56.5. The molecule has 0 amide bonds. The standard InChI is InChI=1S/C11H16O2/c12-4-10-6-1-2-7(11(10)5-13)9-3-8(6)9/h1-2,6-13H,3-5H2/t6-,7-,8-,9+,10+,11-/m0/s1. The van der Waals surface area contributed by atoms with Gasteiger partial charge < -0.3 is 10.2 Å². The van der Waals surface area contributed by atoms with Crippen molar-refractivity contribution in [1.29, 1.82) is 0 Å². The van der Waals surface area contributed by atoms with Gasteiger partial charge in [-0.1, -0.05) is 12.2 Å². The first-order chi connectivity index (χ1) is 6.36. The average molecular weight is 180 g/mol. The van der Waals surface area contributed by atoms with Crippen LogP contribution >= 0.6 is 0 Å². The molecule has 4 aliphatic rings. The fourth-order valence-electron chi connectivity index (χ4n) is 3.67. The Bertz CT molecular complexity index is 224. The molecular formula is C11H16O2. The van der Waals surface area contributed by atoms with Crippen molar-refractivity contribution in [2.45, 2.75) is 6.42 Å². The molecule has 13 heavy (non-hydrogen) atoms. The molecule has 0 heterocycles. The topological polar surface area (TPSA) is 40.5 Å². The highest BCUT2D eigenvalue weighted by Gasteiger charge is 2.58. The molecule has 0 radical (unpaired) electrons. The largest absolute Gasteiger partial charge is 0.396 e. The van der Waals surface area contributed by atoms with E-state index >= 15 is 0 Å². The lowest BCUT2D eigenvalue weighted by atomic mass is 9.63. The van der Waals surface area contributed by atoms with E-state index < -0.39 is 0 Å². The van der Waals surface area contributed by atoms with Crippen LogP contribution in [0.2, 0.25) is 0 Å². The van der Waals surface area contributed by atoms with Gasteiger partial charge in [0.15, 0.2) is 0 Å². The predicted octanol–water partition coefficient (Wildman–Crippen LogP) is 0.655.